The van der Waals surface area contributed by atoms with Crippen LogP contribution in [0.1, 0.15) is 5.69 Å². The largest absolute Gasteiger partial charge is 0.382 e. The molecule has 0 aliphatic rings. The van der Waals surface area contributed by atoms with E-state index in [9.17, 15) is 0 Å². The Labute approximate surface area is 109 Å². The van der Waals surface area contributed by atoms with Gasteiger partial charge >= 0.3 is 0 Å². The second kappa shape index (κ2) is 4.27. The molecule has 4 nitrogen and oxygen atoms in total. The van der Waals surface area contributed by atoms with Crippen molar-refractivity contribution in [3.05, 3.63) is 41.5 Å². The molecule has 0 unspecified atom stereocenters. The van der Waals surface area contributed by atoms with Crippen LogP contribution in [0.15, 0.2) is 35.8 Å². The summed E-state index contributed by atoms with van der Waals surface area (Å²) in [6, 6.07) is 7.98. The number of anilines is 1. The zero-order chi connectivity index (χ0) is 12.5. The minimum atomic E-state index is 0.524. The molecule has 0 aliphatic carbocycles. The standard InChI is InChI=1S/C13H12N4S/c1-8-9(4-2-6-15-8)12-11(13(14)17-16-12)10-5-3-7-18-10/h2-7H,1H3,(H3,14,16,17). The van der Waals surface area contributed by atoms with Gasteiger partial charge in [-0.1, -0.05) is 6.07 Å². The Morgan fingerprint density at radius 2 is 2.17 bits per heavy atom. The number of rotatable bonds is 2. The predicted octanol–water partition coefficient (Wildman–Crippen LogP) is 3.09. The number of hydrogen-bond acceptors (Lipinski definition) is 4. The molecule has 0 spiro atoms. The number of aromatic nitrogens is 3. The molecule has 3 aromatic heterocycles. The number of H-pyrrole nitrogens is 1. The lowest BCUT2D eigenvalue weighted by atomic mass is 10.1. The number of aryl methyl sites for hydroxylation is 1. The van der Waals surface area contributed by atoms with Crippen LogP contribution in [0.5, 0.6) is 0 Å². The Morgan fingerprint density at radius 1 is 1.28 bits per heavy atom. The summed E-state index contributed by atoms with van der Waals surface area (Å²) in [4.78, 5) is 5.41. The average molecular weight is 256 g/mol. The topological polar surface area (TPSA) is 67.6 Å². The Balaban J connectivity index is 2.23. The fraction of sp³-hybridized carbons (Fsp3) is 0.0769. The molecule has 0 amide bonds. The fourth-order valence-electron chi connectivity index (χ4n) is 1.97. The summed E-state index contributed by atoms with van der Waals surface area (Å²) in [7, 11) is 0. The molecule has 5 heteroatoms. The molecule has 90 valence electrons. The van der Waals surface area contributed by atoms with Crippen molar-refractivity contribution in [3.8, 4) is 21.7 Å². The first-order chi connectivity index (χ1) is 8.77. The summed E-state index contributed by atoms with van der Waals surface area (Å²) < 4.78 is 0. The van der Waals surface area contributed by atoms with E-state index in [0.717, 1.165) is 27.4 Å². The summed E-state index contributed by atoms with van der Waals surface area (Å²) >= 11 is 1.65. The van der Waals surface area contributed by atoms with Gasteiger partial charge in [-0.3, -0.25) is 10.1 Å². The van der Waals surface area contributed by atoms with Crippen molar-refractivity contribution in [1.29, 1.82) is 0 Å². The lowest BCUT2D eigenvalue weighted by Crippen LogP contribution is -1.89. The second-order valence-electron chi connectivity index (χ2n) is 3.97. The van der Waals surface area contributed by atoms with Gasteiger partial charge in [0, 0.05) is 22.3 Å². The maximum atomic E-state index is 5.96. The monoisotopic (exact) mass is 256 g/mol. The van der Waals surface area contributed by atoms with Crippen LogP contribution in [0.25, 0.3) is 21.7 Å². The molecule has 0 saturated heterocycles. The summed E-state index contributed by atoms with van der Waals surface area (Å²) in [5, 5.41) is 9.16. The third kappa shape index (κ3) is 1.69. The fourth-order valence-corrected chi connectivity index (χ4v) is 2.75. The van der Waals surface area contributed by atoms with Crippen molar-refractivity contribution < 1.29 is 0 Å². The van der Waals surface area contributed by atoms with E-state index in [2.05, 4.69) is 15.2 Å². The van der Waals surface area contributed by atoms with E-state index in [1.165, 1.54) is 0 Å². The molecular formula is C13H12N4S. The molecule has 0 aliphatic heterocycles. The molecule has 3 heterocycles. The Kier molecular flexibility index (Phi) is 2.60. The Hall–Kier alpha value is -2.14. The average Bonchev–Trinajstić information content (AvgIpc) is 2.98. The van der Waals surface area contributed by atoms with E-state index in [-0.39, 0.29) is 0 Å². The van der Waals surface area contributed by atoms with Crippen LogP contribution < -0.4 is 5.73 Å². The van der Waals surface area contributed by atoms with E-state index in [1.807, 2.05) is 36.6 Å². The van der Waals surface area contributed by atoms with Crippen molar-refractivity contribution in [2.45, 2.75) is 6.92 Å². The molecule has 3 rings (SSSR count). The zero-order valence-electron chi connectivity index (χ0n) is 9.84. The highest BCUT2D eigenvalue weighted by Crippen LogP contribution is 2.37. The van der Waals surface area contributed by atoms with Gasteiger partial charge in [-0.15, -0.1) is 11.3 Å². The number of hydrogen-bond donors (Lipinski definition) is 2. The van der Waals surface area contributed by atoms with Crippen LogP contribution >= 0.6 is 11.3 Å². The van der Waals surface area contributed by atoms with Gasteiger partial charge in [-0.25, -0.2) is 0 Å². The van der Waals surface area contributed by atoms with Crippen molar-refractivity contribution in [2.75, 3.05) is 5.73 Å². The Morgan fingerprint density at radius 3 is 2.89 bits per heavy atom. The maximum Gasteiger partial charge on any atom is 0.154 e. The summed E-state index contributed by atoms with van der Waals surface area (Å²) in [5.74, 6) is 0.524. The van der Waals surface area contributed by atoms with E-state index >= 15 is 0 Å². The molecule has 0 fully saturated rings. The van der Waals surface area contributed by atoms with Crippen molar-refractivity contribution in [2.24, 2.45) is 0 Å². The van der Waals surface area contributed by atoms with Crippen LogP contribution in [0.4, 0.5) is 5.82 Å². The van der Waals surface area contributed by atoms with Crippen molar-refractivity contribution >= 4 is 17.2 Å². The van der Waals surface area contributed by atoms with Gasteiger partial charge in [0.1, 0.15) is 0 Å². The van der Waals surface area contributed by atoms with Gasteiger partial charge in [0.2, 0.25) is 0 Å². The van der Waals surface area contributed by atoms with Crippen LogP contribution in [-0.4, -0.2) is 15.2 Å². The van der Waals surface area contributed by atoms with Crippen molar-refractivity contribution in [1.82, 2.24) is 15.2 Å². The molecule has 3 aromatic rings. The van der Waals surface area contributed by atoms with Crippen LogP contribution in [0, 0.1) is 6.92 Å². The minimum absolute atomic E-state index is 0.524. The lowest BCUT2D eigenvalue weighted by Gasteiger charge is -2.04. The first kappa shape index (κ1) is 11.0. The molecule has 0 saturated carbocycles. The van der Waals surface area contributed by atoms with E-state index in [0.29, 0.717) is 5.82 Å². The number of nitrogens with zero attached hydrogens (tertiary/aromatic N) is 2. The van der Waals surface area contributed by atoms with Gasteiger partial charge in [0.25, 0.3) is 0 Å². The van der Waals surface area contributed by atoms with Gasteiger partial charge in [-0.2, -0.15) is 5.10 Å². The summed E-state index contributed by atoms with van der Waals surface area (Å²) in [5.41, 5.74) is 9.84. The molecular weight excluding hydrogens is 244 g/mol. The number of nitrogens with one attached hydrogen (secondary N) is 1. The normalized spacial score (nSPS) is 10.7. The van der Waals surface area contributed by atoms with E-state index in [1.54, 1.807) is 17.5 Å². The molecule has 0 aromatic carbocycles. The third-order valence-corrected chi connectivity index (χ3v) is 3.73. The summed E-state index contributed by atoms with van der Waals surface area (Å²) in [6.45, 7) is 1.98. The van der Waals surface area contributed by atoms with Crippen LogP contribution in [0.3, 0.4) is 0 Å². The number of aromatic amines is 1. The number of pyridine rings is 1. The minimum Gasteiger partial charge on any atom is -0.382 e. The van der Waals surface area contributed by atoms with Gasteiger partial charge in [-0.05, 0) is 30.5 Å². The quantitative estimate of drug-likeness (QED) is 0.740. The number of nitrogens with two attached hydrogens (primary N) is 1. The highest BCUT2D eigenvalue weighted by Gasteiger charge is 2.16. The lowest BCUT2D eigenvalue weighted by molar-refractivity contribution is 1.09. The third-order valence-electron chi connectivity index (χ3n) is 2.84. The number of thiophene rings is 1. The predicted molar refractivity (Wildman–Crippen MR) is 74.3 cm³/mol. The number of nitrogen functional groups attached to an aromatic ring is 1. The second-order valence-corrected chi connectivity index (χ2v) is 4.92. The van der Waals surface area contributed by atoms with E-state index in [4.69, 9.17) is 5.73 Å². The SMILES string of the molecule is Cc1ncccc1-c1[nH]nc(N)c1-c1cccs1. The molecule has 18 heavy (non-hydrogen) atoms. The van der Waals surface area contributed by atoms with E-state index < -0.39 is 0 Å². The van der Waals surface area contributed by atoms with Crippen molar-refractivity contribution in [3.63, 3.8) is 0 Å². The smallest absolute Gasteiger partial charge is 0.154 e. The maximum absolute atomic E-state index is 5.96. The van der Waals surface area contributed by atoms with Gasteiger partial charge in [0.05, 0.1) is 11.3 Å². The van der Waals surface area contributed by atoms with Gasteiger partial charge in [0.15, 0.2) is 5.82 Å². The zero-order valence-corrected chi connectivity index (χ0v) is 10.7. The first-order valence-electron chi connectivity index (χ1n) is 5.57. The first-order valence-corrected chi connectivity index (χ1v) is 6.45. The Bertz CT molecular complexity index is 670. The highest BCUT2D eigenvalue weighted by atomic mass is 32.1. The van der Waals surface area contributed by atoms with Crippen LogP contribution in [-0.2, 0) is 0 Å². The highest BCUT2D eigenvalue weighted by molar-refractivity contribution is 7.13. The molecule has 0 bridgehead atoms. The molecule has 0 radical (unpaired) electrons. The molecule has 3 N–H and O–H groups in total. The molecule has 0 atom stereocenters. The van der Waals surface area contributed by atoms with Crippen LogP contribution in [0.2, 0.25) is 0 Å². The summed E-state index contributed by atoms with van der Waals surface area (Å²) in [6.07, 6.45) is 1.78. The van der Waals surface area contributed by atoms with Gasteiger partial charge < -0.3 is 5.73 Å².